The Hall–Kier alpha value is -3.86. The second-order valence-electron chi connectivity index (χ2n) is 9.06. The van der Waals surface area contributed by atoms with Gasteiger partial charge in [0.15, 0.2) is 11.6 Å². The summed E-state index contributed by atoms with van der Waals surface area (Å²) in [5, 5.41) is 5.54. The zero-order valence-electron chi connectivity index (χ0n) is 21.1. The normalized spacial score (nSPS) is 17.3. The smallest absolute Gasteiger partial charge is 0.319 e. The van der Waals surface area contributed by atoms with Crippen LogP contribution in [0.15, 0.2) is 36.7 Å². The van der Waals surface area contributed by atoms with Crippen molar-refractivity contribution in [1.29, 1.82) is 0 Å². The van der Waals surface area contributed by atoms with Crippen molar-refractivity contribution in [2.45, 2.75) is 39.3 Å². The minimum absolute atomic E-state index is 0.239. The van der Waals surface area contributed by atoms with E-state index in [0.717, 1.165) is 42.0 Å². The second kappa shape index (κ2) is 11.0. The van der Waals surface area contributed by atoms with E-state index in [1.54, 1.807) is 0 Å². The van der Waals surface area contributed by atoms with Gasteiger partial charge in [0.2, 0.25) is 5.95 Å². The lowest BCUT2D eigenvalue weighted by Crippen LogP contribution is -2.47. The highest BCUT2D eigenvalue weighted by Crippen LogP contribution is 2.33. The molecule has 11 heteroatoms. The van der Waals surface area contributed by atoms with Crippen LogP contribution >= 0.6 is 0 Å². The zero-order chi connectivity index (χ0) is 25.8. The number of carbonyl (C=O) groups excluding carboxylic acids is 1. The van der Waals surface area contributed by atoms with Crippen LogP contribution in [0.4, 0.5) is 26.6 Å². The van der Waals surface area contributed by atoms with Crippen LogP contribution in [0.1, 0.15) is 31.5 Å². The van der Waals surface area contributed by atoms with Gasteiger partial charge in [-0.15, -0.1) is 0 Å². The van der Waals surface area contributed by atoms with E-state index in [1.165, 1.54) is 12.4 Å². The molecule has 2 aliphatic heterocycles. The maximum Gasteiger partial charge on any atom is 0.319 e. The van der Waals surface area contributed by atoms with Gasteiger partial charge >= 0.3 is 6.03 Å². The summed E-state index contributed by atoms with van der Waals surface area (Å²) in [6.07, 6.45) is 4.05. The van der Waals surface area contributed by atoms with E-state index in [9.17, 15) is 9.18 Å². The number of amides is 2. The van der Waals surface area contributed by atoms with E-state index in [-0.39, 0.29) is 12.1 Å². The number of anilines is 3. The lowest BCUT2D eigenvalue weighted by Gasteiger charge is -2.39. The molecule has 0 radical (unpaired) electrons. The van der Waals surface area contributed by atoms with Gasteiger partial charge in [-0.25, -0.2) is 29.1 Å². The number of ether oxygens (including phenoxy) is 1. The van der Waals surface area contributed by atoms with E-state index in [2.05, 4.69) is 32.4 Å². The molecule has 1 fully saturated rings. The summed E-state index contributed by atoms with van der Waals surface area (Å²) >= 11 is 0. The van der Waals surface area contributed by atoms with Gasteiger partial charge in [-0.05, 0) is 44.0 Å². The Morgan fingerprint density at radius 2 is 1.92 bits per heavy atom. The third kappa shape index (κ3) is 5.46. The van der Waals surface area contributed by atoms with E-state index >= 15 is 0 Å². The molecule has 10 nitrogen and oxygen atoms in total. The maximum absolute atomic E-state index is 13.4. The summed E-state index contributed by atoms with van der Waals surface area (Å²) in [4.78, 5) is 34.6. The Morgan fingerprint density at radius 1 is 1.14 bits per heavy atom. The predicted molar refractivity (Wildman–Crippen MR) is 139 cm³/mol. The molecule has 1 saturated heterocycles. The molecular weight excluding hydrogens is 475 g/mol. The molecule has 0 saturated carbocycles. The molecule has 0 bridgehead atoms. The second-order valence-corrected chi connectivity index (χ2v) is 9.06. The van der Waals surface area contributed by atoms with Crippen LogP contribution < -0.4 is 20.4 Å². The van der Waals surface area contributed by atoms with E-state index in [1.807, 2.05) is 36.1 Å². The lowest BCUT2D eigenvalue weighted by molar-refractivity contribution is 0.0924. The number of aromatic nitrogens is 4. The molecule has 4 heterocycles. The molecule has 3 aromatic rings. The number of nitrogens with zero attached hydrogens (tertiary/aromatic N) is 6. The molecule has 5 rings (SSSR count). The van der Waals surface area contributed by atoms with Crippen LogP contribution in [0, 0.1) is 5.82 Å². The summed E-state index contributed by atoms with van der Waals surface area (Å²) < 4.78 is 19.1. The summed E-state index contributed by atoms with van der Waals surface area (Å²) in [5.41, 5.74) is 3.57. The molecule has 1 atom stereocenters. The van der Waals surface area contributed by atoms with Crippen molar-refractivity contribution >= 4 is 23.5 Å². The molecule has 2 aromatic heterocycles. The summed E-state index contributed by atoms with van der Waals surface area (Å²) in [5.74, 6) is 1.57. The molecule has 1 aromatic carbocycles. The van der Waals surface area contributed by atoms with Gasteiger partial charge in [0, 0.05) is 36.4 Å². The van der Waals surface area contributed by atoms with Crippen molar-refractivity contribution in [3.63, 3.8) is 0 Å². The molecule has 0 spiro atoms. The monoisotopic (exact) mass is 506 g/mol. The first-order chi connectivity index (χ1) is 18.1. The number of hydrogen-bond donors (Lipinski definition) is 2. The van der Waals surface area contributed by atoms with Crippen LogP contribution in [-0.2, 0) is 17.7 Å². The number of halogens is 1. The van der Waals surface area contributed by atoms with Crippen molar-refractivity contribution in [1.82, 2.24) is 25.3 Å². The number of nitrogens with one attached hydrogen (secondary N) is 2. The van der Waals surface area contributed by atoms with E-state index in [0.29, 0.717) is 50.3 Å². The van der Waals surface area contributed by atoms with Crippen LogP contribution in [0.5, 0.6) is 0 Å². The Morgan fingerprint density at radius 3 is 2.65 bits per heavy atom. The highest BCUT2D eigenvalue weighted by atomic mass is 19.1. The predicted octanol–water partition coefficient (Wildman–Crippen LogP) is 3.39. The first-order valence-corrected chi connectivity index (χ1v) is 12.7. The quantitative estimate of drug-likeness (QED) is 0.524. The van der Waals surface area contributed by atoms with Crippen molar-refractivity contribution in [3.8, 4) is 11.4 Å². The molecule has 194 valence electrons. The number of morpholine rings is 1. The van der Waals surface area contributed by atoms with Gasteiger partial charge in [-0.1, -0.05) is 6.92 Å². The first-order valence-electron chi connectivity index (χ1n) is 12.7. The Kier molecular flexibility index (Phi) is 7.40. The maximum atomic E-state index is 13.4. The topological polar surface area (TPSA) is 108 Å². The average Bonchev–Trinajstić information content (AvgIpc) is 2.93. The van der Waals surface area contributed by atoms with E-state index < -0.39 is 5.82 Å². The number of rotatable bonds is 6. The highest BCUT2D eigenvalue weighted by Gasteiger charge is 2.30. The van der Waals surface area contributed by atoms with Gasteiger partial charge in [0.05, 0.1) is 43.9 Å². The third-order valence-electron chi connectivity index (χ3n) is 6.64. The first kappa shape index (κ1) is 24.8. The highest BCUT2D eigenvalue weighted by molar-refractivity contribution is 5.89. The number of benzene rings is 1. The molecule has 1 unspecified atom stereocenters. The number of urea groups is 1. The molecule has 0 aliphatic carbocycles. The minimum Gasteiger partial charge on any atom is -0.377 e. The van der Waals surface area contributed by atoms with Gasteiger partial charge in [-0.3, -0.25) is 0 Å². The van der Waals surface area contributed by atoms with Crippen molar-refractivity contribution < 1.29 is 13.9 Å². The third-order valence-corrected chi connectivity index (χ3v) is 6.64. The Labute approximate surface area is 215 Å². The molecule has 2 N–H and O–H groups in total. The molecule has 2 aliphatic rings. The van der Waals surface area contributed by atoms with Crippen LogP contribution in [0.2, 0.25) is 0 Å². The molecule has 37 heavy (non-hydrogen) atoms. The van der Waals surface area contributed by atoms with Crippen LogP contribution in [0.25, 0.3) is 11.4 Å². The zero-order valence-corrected chi connectivity index (χ0v) is 21.1. The average molecular weight is 507 g/mol. The van der Waals surface area contributed by atoms with Crippen molar-refractivity contribution in [3.05, 3.63) is 53.7 Å². The van der Waals surface area contributed by atoms with Crippen LogP contribution in [-0.4, -0.2) is 64.9 Å². The Bertz CT molecular complexity index is 1240. The SMILES string of the molecule is CCNC(=O)Nc1ccc(-c2nc3c(c(N4CCOCC4CC)n2)CCN(c2ncc(F)cn2)C3)cc1. The minimum atomic E-state index is -0.462. The fourth-order valence-electron chi connectivity index (χ4n) is 4.73. The summed E-state index contributed by atoms with van der Waals surface area (Å²) in [6, 6.07) is 7.50. The lowest BCUT2D eigenvalue weighted by atomic mass is 10.0. The fraction of sp³-hybridized carbons (Fsp3) is 0.423. The molecule has 2 amide bonds. The van der Waals surface area contributed by atoms with Crippen LogP contribution in [0.3, 0.4) is 0 Å². The fourth-order valence-corrected chi connectivity index (χ4v) is 4.73. The van der Waals surface area contributed by atoms with Gasteiger partial charge in [-0.2, -0.15) is 0 Å². The van der Waals surface area contributed by atoms with E-state index in [4.69, 9.17) is 14.7 Å². The van der Waals surface area contributed by atoms with Crippen molar-refractivity contribution in [2.24, 2.45) is 0 Å². The number of carbonyl (C=O) groups is 1. The van der Waals surface area contributed by atoms with Crippen molar-refractivity contribution in [2.75, 3.05) is 48.0 Å². The molecular formula is C26H31FN8O2. The summed E-state index contributed by atoms with van der Waals surface area (Å²) in [6.45, 7) is 7.86. The Balaban J connectivity index is 1.50. The number of hydrogen-bond acceptors (Lipinski definition) is 8. The standard InChI is InChI=1S/C26H31FN8O2/c1-3-20-16-37-12-11-35(20)24-21-9-10-34(25-29-13-18(27)14-30-25)15-22(21)32-23(33-24)17-5-7-19(8-6-17)31-26(36)28-4-2/h5-8,13-14,20H,3-4,9-12,15-16H2,1-2H3,(H2,28,31,36). The van der Waals surface area contributed by atoms with Gasteiger partial charge in [0.25, 0.3) is 0 Å². The largest absolute Gasteiger partial charge is 0.377 e. The van der Waals surface area contributed by atoms with Gasteiger partial charge in [0.1, 0.15) is 5.82 Å². The number of fused-ring (bicyclic) bond motifs is 1. The summed E-state index contributed by atoms with van der Waals surface area (Å²) in [7, 11) is 0. The van der Waals surface area contributed by atoms with Gasteiger partial charge < -0.3 is 25.2 Å².